The lowest BCUT2D eigenvalue weighted by molar-refractivity contribution is 0.0776. The maximum atomic E-state index is 12.1. The van der Waals surface area contributed by atoms with Crippen LogP contribution in [0.25, 0.3) is 0 Å². The quantitative estimate of drug-likeness (QED) is 0.744. The van der Waals surface area contributed by atoms with Crippen molar-refractivity contribution in [3.8, 4) is 17.2 Å². The number of hydrogen-bond acceptors (Lipinski definition) is 5. The van der Waals surface area contributed by atoms with E-state index in [-0.39, 0.29) is 30.7 Å². The van der Waals surface area contributed by atoms with Gasteiger partial charge in [0.2, 0.25) is 12.5 Å². The summed E-state index contributed by atoms with van der Waals surface area (Å²) in [5.41, 5.74) is 7.58. The lowest BCUT2D eigenvalue weighted by atomic mass is 9.92. The first-order chi connectivity index (χ1) is 8.65. The molecule has 3 N–H and O–H groups in total. The number of phenols is 1. The number of rotatable bonds is 1. The van der Waals surface area contributed by atoms with Crippen LogP contribution in [0.15, 0.2) is 0 Å². The van der Waals surface area contributed by atoms with Crippen molar-refractivity contribution in [2.75, 3.05) is 20.4 Å². The smallest absolute Gasteiger partial charge is 0.257 e. The third-order valence-corrected chi connectivity index (χ3v) is 3.47. The minimum atomic E-state index is -0.207. The molecule has 2 aliphatic heterocycles. The molecule has 6 nitrogen and oxygen atoms in total. The molecule has 1 amide bonds. The molecule has 0 radical (unpaired) electrons. The van der Waals surface area contributed by atoms with Gasteiger partial charge in [-0.2, -0.15) is 0 Å². The number of ether oxygens (including phenoxy) is 2. The lowest BCUT2D eigenvalue weighted by Crippen LogP contribution is -2.35. The van der Waals surface area contributed by atoms with Crippen LogP contribution in [-0.2, 0) is 13.0 Å². The van der Waals surface area contributed by atoms with Gasteiger partial charge in [0, 0.05) is 25.7 Å². The van der Waals surface area contributed by atoms with Gasteiger partial charge in [-0.25, -0.2) is 0 Å². The number of phenolic OH excluding ortho intramolecular Hbond substituents is 1. The third-order valence-electron chi connectivity index (χ3n) is 3.47. The summed E-state index contributed by atoms with van der Waals surface area (Å²) in [5.74, 6) is 0.372. The van der Waals surface area contributed by atoms with Crippen LogP contribution in [-0.4, -0.2) is 36.3 Å². The first kappa shape index (κ1) is 11.2. The van der Waals surface area contributed by atoms with Crippen LogP contribution in [0.5, 0.6) is 17.2 Å². The van der Waals surface area contributed by atoms with Gasteiger partial charge >= 0.3 is 0 Å². The Balaban J connectivity index is 2.31. The number of nitrogens with two attached hydrogens (primary N) is 1. The van der Waals surface area contributed by atoms with E-state index in [1.807, 2.05) is 0 Å². The van der Waals surface area contributed by atoms with Crippen LogP contribution in [0.2, 0.25) is 0 Å². The minimum Gasteiger partial charge on any atom is -0.504 e. The molecule has 0 atom stereocenters. The van der Waals surface area contributed by atoms with Crippen molar-refractivity contribution in [3.63, 3.8) is 0 Å². The number of likely N-dealkylation sites (N-methyl/N-ethyl adjacent to an activating group) is 1. The Morgan fingerprint density at radius 3 is 2.83 bits per heavy atom. The highest BCUT2D eigenvalue weighted by Gasteiger charge is 2.35. The second-order valence-corrected chi connectivity index (χ2v) is 4.43. The lowest BCUT2D eigenvalue weighted by Gasteiger charge is -2.27. The van der Waals surface area contributed by atoms with Gasteiger partial charge in [0.15, 0.2) is 11.5 Å². The second-order valence-electron chi connectivity index (χ2n) is 4.43. The highest BCUT2D eigenvalue weighted by atomic mass is 16.7. The van der Waals surface area contributed by atoms with E-state index in [0.29, 0.717) is 24.3 Å². The topological polar surface area (TPSA) is 85.0 Å². The summed E-state index contributed by atoms with van der Waals surface area (Å²) in [4.78, 5) is 13.7. The Bertz CT molecular complexity index is 542. The van der Waals surface area contributed by atoms with E-state index >= 15 is 0 Å². The van der Waals surface area contributed by atoms with Crippen molar-refractivity contribution in [2.24, 2.45) is 5.73 Å². The van der Waals surface area contributed by atoms with Gasteiger partial charge in [-0.1, -0.05) is 0 Å². The summed E-state index contributed by atoms with van der Waals surface area (Å²) >= 11 is 0. The molecule has 6 heteroatoms. The van der Waals surface area contributed by atoms with E-state index in [0.717, 1.165) is 11.1 Å². The number of fused-ring (bicyclic) bond motifs is 2. The highest BCUT2D eigenvalue weighted by Crippen LogP contribution is 2.48. The van der Waals surface area contributed by atoms with E-state index in [9.17, 15) is 9.90 Å². The van der Waals surface area contributed by atoms with Crippen molar-refractivity contribution in [2.45, 2.75) is 13.0 Å². The summed E-state index contributed by atoms with van der Waals surface area (Å²) in [7, 11) is 1.71. The van der Waals surface area contributed by atoms with Crippen molar-refractivity contribution >= 4 is 5.91 Å². The molecule has 0 saturated carbocycles. The van der Waals surface area contributed by atoms with E-state index < -0.39 is 0 Å². The molecule has 1 aromatic carbocycles. The van der Waals surface area contributed by atoms with E-state index in [4.69, 9.17) is 15.2 Å². The molecule has 0 saturated heterocycles. The average molecular weight is 250 g/mol. The molecule has 0 aromatic heterocycles. The number of carbonyl (C=O) groups is 1. The summed E-state index contributed by atoms with van der Waals surface area (Å²) in [6, 6.07) is 0. The van der Waals surface area contributed by atoms with E-state index in [2.05, 4.69) is 0 Å². The van der Waals surface area contributed by atoms with Crippen molar-refractivity contribution in [3.05, 3.63) is 16.7 Å². The Morgan fingerprint density at radius 1 is 1.39 bits per heavy atom. The van der Waals surface area contributed by atoms with Gasteiger partial charge in [0.1, 0.15) is 0 Å². The van der Waals surface area contributed by atoms with Gasteiger partial charge in [-0.05, 0) is 12.0 Å². The Morgan fingerprint density at radius 2 is 2.11 bits per heavy atom. The van der Waals surface area contributed by atoms with Crippen molar-refractivity contribution in [1.29, 1.82) is 0 Å². The fraction of sp³-hybridized carbons (Fsp3) is 0.417. The molecular formula is C12H14N2O4. The van der Waals surface area contributed by atoms with Crippen molar-refractivity contribution in [1.82, 2.24) is 4.90 Å². The molecule has 96 valence electrons. The van der Waals surface area contributed by atoms with Gasteiger partial charge in [-0.3, -0.25) is 4.79 Å². The first-order valence-electron chi connectivity index (χ1n) is 5.77. The summed E-state index contributed by atoms with van der Waals surface area (Å²) in [6.45, 7) is 0.909. The molecule has 3 rings (SSSR count). The number of aromatic hydroxyl groups is 1. The van der Waals surface area contributed by atoms with Gasteiger partial charge in [0.25, 0.3) is 5.91 Å². The second kappa shape index (κ2) is 3.78. The van der Waals surface area contributed by atoms with Crippen LogP contribution >= 0.6 is 0 Å². The number of nitrogens with zero attached hydrogens (tertiary/aromatic N) is 1. The molecule has 0 fully saturated rings. The minimum absolute atomic E-state index is 0.0445. The van der Waals surface area contributed by atoms with Gasteiger partial charge in [-0.15, -0.1) is 0 Å². The fourth-order valence-corrected chi connectivity index (χ4v) is 2.52. The van der Waals surface area contributed by atoms with Crippen LogP contribution in [0.4, 0.5) is 0 Å². The SMILES string of the molecule is CN1CCc2c(CN)c3c(c(O)c2C1=O)OCO3. The molecule has 0 aliphatic carbocycles. The summed E-state index contributed by atoms with van der Waals surface area (Å²) < 4.78 is 10.6. The summed E-state index contributed by atoms with van der Waals surface area (Å²) in [5, 5.41) is 10.2. The molecule has 0 spiro atoms. The zero-order chi connectivity index (χ0) is 12.9. The van der Waals surface area contributed by atoms with Crippen LogP contribution < -0.4 is 15.2 Å². The normalized spacial score (nSPS) is 17.0. The van der Waals surface area contributed by atoms with Crippen molar-refractivity contribution < 1.29 is 19.4 Å². The monoisotopic (exact) mass is 250 g/mol. The van der Waals surface area contributed by atoms with Gasteiger partial charge in [0.05, 0.1) is 5.56 Å². The number of benzene rings is 1. The molecule has 2 aliphatic rings. The Kier molecular flexibility index (Phi) is 2.34. The zero-order valence-corrected chi connectivity index (χ0v) is 10.0. The molecule has 2 heterocycles. The molecule has 0 bridgehead atoms. The van der Waals surface area contributed by atoms with Crippen LogP contribution in [0.1, 0.15) is 21.5 Å². The van der Waals surface area contributed by atoms with Crippen LogP contribution in [0, 0.1) is 0 Å². The number of carbonyl (C=O) groups excluding carboxylic acids is 1. The first-order valence-corrected chi connectivity index (χ1v) is 5.77. The third kappa shape index (κ3) is 1.29. The van der Waals surface area contributed by atoms with E-state index in [1.165, 1.54) is 0 Å². The predicted octanol–water partition coefficient (Wildman–Crippen LogP) is 0.208. The molecular weight excluding hydrogens is 236 g/mol. The Labute approximate surface area is 104 Å². The molecule has 18 heavy (non-hydrogen) atoms. The predicted molar refractivity (Wildman–Crippen MR) is 62.8 cm³/mol. The fourth-order valence-electron chi connectivity index (χ4n) is 2.52. The zero-order valence-electron chi connectivity index (χ0n) is 10.0. The maximum Gasteiger partial charge on any atom is 0.257 e. The summed E-state index contributed by atoms with van der Waals surface area (Å²) in [6.07, 6.45) is 0.661. The maximum absolute atomic E-state index is 12.1. The Hall–Kier alpha value is -1.95. The standard InChI is InChI=1S/C12H14N2O4/c1-14-3-2-6-7(4-13)10-11(18-5-17-10)9(15)8(6)12(14)16/h15H,2-5,13H2,1H3. The number of amides is 1. The van der Waals surface area contributed by atoms with E-state index in [1.54, 1.807) is 11.9 Å². The average Bonchev–Trinajstić information content (AvgIpc) is 2.83. The van der Waals surface area contributed by atoms with Gasteiger partial charge < -0.3 is 25.2 Å². The largest absolute Gasteiger partial charge is 0.504 e. The highest BCUT2D eigenvalue weighted by molar-refractivity contribution is 6.01. The molecule has 1 aromatic rings. The van der Waals surface area contributed by atoms with Crippen LogP contribution in [0.3, 0.4) is 0 Å². The molecule has 0 unspecified atom stereocenters. The number of hydrogen-bond donors (Lipinski definition) is 2.